The highest BCUT2D eigenvalue weighted by atomic mass is 35.6. The Morgan fingerprint density at radius 2 is 1.44 bits per heavy atom. The van der Waals surface area contributed by atoms with Crippen LogP contribution in [0, 0.1) is 0 Å². The van der Waals surface area contributed by atoms with Crippen LogP contribution in [0.2, 0.25) is 0 Å². The Morgan fingerprint density at radius 1 is 0.875 bits per heavy atom. The van der Waals surface area contributed by atoms with Crippen LogP contribution in [0.5, 0.6) is 0 Å². The van der Waals surface area contributed by atoms with Gasteiger partial charge in [-0.05, 0) is 36.4 Å². The molecule has 0 atom stereocenters. The maximum Gasteiger partial charge on any atom is 0.416 e. The third kappa shape index (κ3) is 5.45. The number of carbonyl (C=O) groups excluding carboxylic acids is 1. The number of anilines is 1. The lowest BCUT2D eigenvalue weighted by atomic mass is 10.2. The number of halogens is 9. The van der Waals surface area contributed by atoms with Gasteiger partial charge in [0.25, 0.3) is 5.91 Å². The van der Waals surface area contributed by atoms with Crippen molar-refractivity contribution < 1.29 is 31.1 Å². The standard InChI is InChI=1S/C18H9Cl3F6N4O/c19-16(20,21)15-29-13(14(32)28-11-5-1-3-9(7-11)17(22,23)24)30-31(15)12-6-2-4-10(8-12)18(25,26)27/h1-8H,(H,28,32). The minimum Gasteiger partial charge on any atom is -0.319 e. The molecule has 3 aromatic rings. The SMILES string of the molecule is O=C(Nc1cccc(C(F)(F)F)c1)c1nc(C(Cl)(Cl)Cl)n(-c2cccc(C(F)(F)F)c2)n1. The fourth-order valence-electron chi connectivity index (χ4n) is 2.55. The highest BCUT2D eigenvalue weighted by Crippen LogP contribution is 2.39. The Hall–Kier alpha value is -2.50. The molecule has 0 saturated heterocycles. The number of benzene rings is 2. The summed E-state index contributed by atoms with van der Waals surface area (Å²) in [6.45, 7) is 0. The van der Waals surface area contributed by atoms with Crippen molar-refractivity contribution in [2.24, 2.45) is 0 Å². The molecule has 0 bridgehead atoms. The molecule has 3 rings (SSSR count). The van der Waals surface area contributed by atoms with Crippen LogP contribution < -0.4 is 5.32 Å². The van der Waals surface area contributed by atoms with Crippen LogP contribution in [0.3, 0.4) is 0 Å². The van der Waals surface area contributed by atoms with Crippen LogP contribution in [-0.4, -0.2) is 20.7 Å². The summed E-state index contributed by atoms with van der Waals surface area (Å²) in [5, 5.41) is 5.95. The van der Waals surface area contributed by atoms with Crippen molar-refractivity contribution in [2.45, 2.75) is 16.1 Å². The van der Waals surface area contributed by atoms with Gasteiger partial charge in [-0.1, -0.05) is 46.9 Å². The second-order valence-corrected chi connectivity index (χ2v) is 8.53. The molecule has 5 nitrogen and oxygen atoms in total. The van der Waals surface area contributed by atoms with Gasteiger partial charge in [0.05, 0.1) is 16.8 Å². The first kappa shape index (κ1) is 24.1. The van der Waals surface area contributed by atoms with Crippen molar-refractivity contribution in [3.63, 3.8) is 0 Å². The molecular weight excluding hydrogens is 509 g/mol. The Kier molecular flexibility index (Phi) is 6.38. The molecule has 0 saturated carbocycles. The van der Waals surface area contributed by atoms with E-state index in [4.69, 9.17) is 34.8 Å². The zero-order valence-electron chi connectivity index (χ0n) is 15.3. The van der Waals surface area contributed by atoms with E-state index in [-0.39, 0.29) is 11.4 Å². The molecule has 32 heavy (non-hydrogen) atoms. The Balaban J connectivity index is 2.00. The predicted molar refractivity (Wildman–Crippen MR) is 105 cm³/mol. The molecule has 1 heterocycles. The molecule has 14 heteroatoms. The Morgan fingerprint density at radius 3 is 2.00 bits per heavy atom. The molecule has 0 aliphatic rings. The van der Waals surface area contributed by atoms with Gasteiger partial charge >= 0.3 is 12.4 Å². The molecule has 170 valence electrons. The normalized spacial score (nSPS) is 12.7. The lowest BCUT2D eigenvalue weighted by molar-refractivity contribution is -0.138. The average Bonchev–Trinajstić information content (AvgIpc) is 3.13. The molecule has 0 aliphatic carbocycles. The summed E-state index contributed by atoms with van der Waals surface area (Å²) < 4.78 is 76.1. The zero-order chi connectivity index (χ0) is 23.9. The van der Waals surface area contributed by atoms with Gasteiger partial charge in [-0.2, -0.15) is 26.3 Å². The second-order valence-electron chi connectivity index (χ2n) is 6.25. The first-order valence-corrected chi connectivity index (χ1v) is 9.50. The maximum absolute atomic E-state index is 13.0. The van der Waals surface area contributed by atoms with Crippen LogP contribution in [-0.2, 0) is 16.1 Å². The molecule has 0 aliphatic heterocycles. The van der Waals surface area contributed by atoms with Crippen LogP contribution in [0.15, 0.2) is 48.5 Å². The van der Waals surface area contributed by atoms with Gasteiger partial charge in [0.2, 0.25) is 9.62 Å². The van der Waals surface area contributed by atoms with Gasteiger partial charge < -0.3 is 5.32 Å². The molecule has 0 fully saturated rings. The number of nitrogens with zero attached hydrogens (tertiary/aromatic N) is 3. The molecular formula is C18H9Cl3F6N4O. The van der Waals surface area contributed by atoms with E-state index in [1.807, 2.05) is 0 Å². The molecule has 1 N–H and O–H groups in total. The lowest BCUT2D eigenvalue weighted by Crippen LogP contribution is -2.15. The summed E-state index contributed by atoms with van der Waals surface area (Å²) in [5.41, 5.74) is -2.49. The van der Waals surface area contributed by atoms with Gasteiger partial charge in [-0.3, -0.25) is 4.79 Å². The summed E-state index contributed by atoms with van der Waals surface area (Å²) in [4.78, 5) is 16.2. The third-order valence-corrected chi connectivity index (χ3v) is 4.44. The third-order valence-electron chi connectivity index (χ3n) is 3.93. The minimum absolute atomic E-state index is 0.216. The van der Waals surface area contributed by atoms with Crippen LogP contribution in [0.25, 0.3) is 5.69 Å². The fourth-order valence-corrected chi connectivity index (χ4v) is 2.91. The van der Waals surface area contributed by atoms with Gasteiger partial charge in [0, 0.05) is 5.69 Å². The number of alkyl halides is 9. The number of hydrogen-bond donors (Lipinski definition) is 1. The molecule has 0 radical (unpaired) electrons. The van der Waals surface area contributed by atoms with Gasteiger partial charge in [-0.15, -0.1) is 5.10 Å². The van der Waals surface area contributed by atoms with Crippen molar-refractivity contribution in [3.8, 4) is 5.69 Å². The lowest BCUT2D eigenvalue weighted by Gasteiger charge is -2.13. The molecule has 0 spiro atoms. The molecule has 1 amide bonds. The monoisotopic (exact) mass is 516 g/mol. The summed E-state index contributed by atoms with van der Waals surface area (Å²) in [7, 11) is 0. The van der Waals surface area contributed by atoms with E-state index in [1.54, 1.807) is 0 Å². The van der Waals surface area contributed by atoms with Crippen molar-refractivity contribution in [1.29, 1.82) is 0 Å². The number of aromatic nitrogens is 3. The van der Waals surface area contributed by atoms with Crippen molar-refractivity contribution in [3.05, 3.63) is 71.3 Å². The van der Waals surface area contributed by atoms with Crippen LogP contribution >= 0.6 is 34.8 Å². The van der Waals surface area contributed by atoms with Crippen molar-refractivity contribution in [1.82, 2.24) is 14.8 Å². The largest absolute Gasteiger partial charge is 0.416 e. The maximum atomic E-state index is 13.0. The first-order valence-electron chi connectivity index (χ1n) is 8.37. The quantitative estimate of drug-likeness (QED) is 0.324. The average molecular weight is 518 g/mol. The number of carbonyl (C=O) groups is 1. The number of amides is 1. The van der Waals surface area contributed by atoms with Crippen LogP contribution in [0.4, 0.5) is 32.0 Å². The van der Waals surface area contributed by atoms with Gasteiger partial charge in [0.1, 0.15) is 0 Å². The van der Waals surface area contributed by atoms with E-state index in [1.165, 1.54) is 12.1 Å². The first-order chi connectivity index (χ1) is 14.7. The predicted octanol–water partition coefficient (Wildman–Crippen LogP) is 6.38. The van der Waals surface area contributed by atoms with E-state index in [0.717, 1.165) is 28.9 Å². The summed E-state index contributed by atoms with van der Waals surface area (Å²) >= 11 is 17.5. The zero-order valence-corrected chi connectivity index (χ0v) is 17.5. The fraction of sp³-hybridized carbons (Fsp3) is 0.167. The summed E-state index contributed by atoms with van der Waals surface area (Å²) in [5.74, 6) is -2.23. The van der Waals surface area contributed by atoms with Crippen LogP contribution in [0.1, 0.15) is 27.6 Å². The smallest absolute Gasteiger partial charge is 0.319 e. The van der Waals surface area contributed by atoms with Crippen molar-refractivity contribution in [2.75, 3.05) is 5.32 Å². The van der Waals surface area contributed by atoms with E-state index >= 15 is 0 Å². The van der Waals surface area contributed by atoms with E-state index in [0.29, 0.717) is 12.1 Å². The van der Waals surface area contributed by atoms with E-state index < -0.39 is 44.8 Å². The number of nitrogens with one attached hydrogen (secondary N) is 1. The van der Waals surface area contributed by atoms with E-state index in [2.05, 4.69) is 15.4 Å². The molecule has 0 unspecified atom stereocenters. The van der Waals surface area contributed by atoms with Gasteiger partial charge in [-0.25, -0.2) is 9.67 Å². The summed E-state index contributed by atoms with van der Waals surface area (Å²) in [6.07, 6.45) is -9.33. The highest BCUT2D eigenvalue weighted by molar-refractivity contribution is 6.66. The van der Waals surface area contributed by atoms with Crippen molar-refractivity contribution >= 4 is 46.4 Å². The Labute approximate surface area is 190 Å². The second kappa shape index (κ2) is 8.45. The minimum atomic E-state index is -4.68. The molecule has 2 aromatic carbocycles. The van der Waals surface area contributed by atoms with Gasteiger partial charge in [0.15, 0.2) is 5.82 Å². The summed E-state index contributed by atoms with van der Waals surface area (Å²) in [6, 6.07) is 7.52. The highest BCUT2D eigenvalue weighted by Gasteiger charge is 2.35. The molecule has 1 aromatic heterocycles. The number of hydrogen-bond acceptors (Lipinski definition) is 3. The Bertz CT molecular complexity index is 1150. The topological polar surface area (TPSA) is 59.8 Å². The number of rotatable bonds is 3. The van der Waals surface area contributed by atoms with E-state index in [9.17, 15) is 31.1 Å².